The summed E-state index contributed by atoms with van der Waals surface area (Å²) in [5.41, 5.74) is 0. The second-order valence-electron chi connectivity index (χ2n) is 3.52. The van der Waals surface area contributed by atoms with E-state index in [0.29, 0.717) is 5.82 Å². The van der Waals surface area contributed by atoms with Crippen LogP contribution in [0.2, 0.25) is 0 Å². The first-order valence-corrected chi connectivity index (χ1v) is 5.18. The third-order valence-electron chi connectivity index (χ3n) is 2.10. The monoisotopic (exact) mass is 254 g/mol. The molecule has 0 aromatic carbocycles. The summed E-state index contributed by atoms with van der Waals surface area (Å²) in [6.45, 7) is 5.07. The Morgan fingerprint density at radius 2 is 2.28 bits per heavy atom. The lowest BCUT2D eigenvalue weighted by Gasteiger charge is -2.15. The molecule has 1 heterocycles. The van der Waals surface area contributed by atoms with Crippen molar-refractivity contribution in [1.29, 1.82) is 0 Å². The number of aromatic nitrogens is 4. The van der Waals surface area contributed by atoms with Crippen molar-refractivity contribution in [3.63, 3.8) is 0 Å². The molecule has 1 aromatic rings. The molecule has 0 saturated heterocycles. The fourth-order valence-electron chi connectivity index (χ4n) is 1.20. The van der Waals surface area contributed by atoms with Crippen molar-refractivity contribution in [2.24, 2.45) is 0 Å². The highest BCUT2D eigenvalue weighted by atomic mass is 16.4. The summed E-state index contributed by atoms with van der Waals surface area (Å²) < 4.78 is 0. The fraction of sp³-hybridized carbons (Fsp3) is 0.444. The van der Waals surface area contributed by atoms with Gasteiger partial charge in [-0.1, -0.05) is 11.3 Å². The Morgan fingerprint density at radius 1 is 1.56 bits per heavy atom. The minimum Gasteiger partial charge on any atom is -0.480 e. The van der Waals surface area contributed by atoms with Gasteiger partial charge in [-0.25, -0.2) is 9.59 Å². The average molecular weight is 254 g/mol. The van der Waals surface area contributed by atoms with Crippen molar-refractivity contribution in [3.05, 3.63) is 18.5 Å². The third-order valence-corrected chi connectivity index (χ3v) is 2.10. The van der Waals surface area contributed by atoms with Gasteiger partial charge in [-0.15, -0.1) is 16.8 Å². The van der Waals surface area contributed by atoms with Crippen LogP contribution in [-0.4, -0.2) is 43.8 Å². The van der Waals surface area contributed by atoms with Crippen LogP contribution in [-0.2, 0) is 4.79 Å². The largest absolute Gasteiger partial charge is 0.480 e. The minimum absolute atomic E-state index is 0.138. The molecule has 2 atom stereocenters. The lowest BCUT2D eigenvalue weighted by atomic mass is 10.2. The van der Waals surface area contributed by atoms with Gasteiger partial charge in [-0.2, -0.15) is 5.21 Å². The van der Waals surface area contributed by atoms with E-state index >= 15 is 0 Å². The van der Waals surface area contributed by atoms with Crippen molar-refractivity contribution in [3.8, 4) is 0 Å². The molecule has 0 aliphatic heterocycles. The first kappa shape index (κ1) is 13.6. The summed E-state index contributed by atoms with van der Waals surface area (Å²) in [6.07, 6.45) is 1.56. The van der Waals surface area contributed by atoms with E-state index < -0.39 is 24.1 Å². The molecule has 18 heavy (non-hydrogen) atoms. The van der Waals surface area contributed by atoms with Crippen LogP contribution < -0.4 is 10.6 Å². The highest BCUT2D eigenvalue weighted by Gasteiger charge is 2.20. The van der Waals surface area contributed by atoms with Gasteiger partial charge >= 0.3 is 12.0 Å². The van der Waals surface area contributed by atoms with Crippen molar-refractivity contribution in [1.82, 2.24) is 31.3 Å². The molecular weight excluding hydrogens is 240 g/mol. The Bertz CT molecular complexity index is 418. The molecule has 9 heteroatoms. The molecule has 4 N–H and O–H groups in total. The number of hydrogen-bond acceptors (Lipinski definition) is 5. The number of hydrogen-bond donors (Lipinski definition) is 4. The molecule has 0 spiro atoms. The number of amides is 2. The maximum atomic E-state index is 11.5. The molecule has 1 rings (SSSR count). The SMILES string of the molecule is C=CCC(NC(=O)NC(C)c1nn[nH]n1)C(=O)O. The number of urea groups is 1. The Kier molecular flexibility index (Phi) is 4.78. The van der Waals surface area contributed by atoms with Crippen LogP contribution in [0.1, 0.15) is 25.2 Å². The highest BCUT2D eigenvalue weighted by molar-refractivity contribution is 5.82. The van der Waals surface area contributed by atoms with Gasteiger partial charge in [0, 0.05) is 0 Å². The molecule has 0 aliphatic rings. The maximum absolute atomic E-state index is 11.5. The number of carbonyl (C=O) groups excluding carboxylic acids is 1. The number of aromatic amines is 1. The van der Waals surface area contributed by atoms with Gasteiger partial charge in [0.2, 0.25) is 0 Å². The molecular formula is C9H14N6O3. The zero-order chi connectivity index (χ0) is 13.5. The van der Waals surface area contributed by atoms with Crippen LogP contribution in [0.5, 0.6) is 0 Å². The van der Waals surface area contributed by atoms with E-state index in [-0.39, 0.29) is 6.42 Å². The summed E-state index contributed by atoms with van der Waals surface area (Å²) in [5.74, 6) is -0.821. The van der Waals surface area contributed by atoms with Crippen molar-refractivity contribution in [2.45, 2.75) is 25.4 Å². The summed E-state index contributed by atoms with van der Waals surface area (Å²) in [6, 6.07) is -2.12. The van der Waals surface area contributed by atoms with Gasteiger partial charge in [0.05, 0.1) is 6.04 Å². The normalized spacial score (nSPS) is 13.4. The zero-order valence-corrected chi connectivity index (χ0v) is 9.75. The van der Waals surface area contributed by atoms with Crippen LogP contribution in [0, 0.1) is 0 Å². The van der Waals surface area contributed by atoms with Gasteiger partial charge < -0.3 is 15.7 Å². The van der Waals surface area contributed by atoms with Gasteiger partial charge in [0.25, 0.3) is 0 Å². The molecule has 2 unspecified atom stereocenters. The number of nitrogens with one attached hydrogen (secondary N) is 3. The van der Waals surface area contributed by atoms with E-state index in [1.807, 2.05) is 0 Å². The first-order chi connectivity index (χ1) is 8.54. The van der Waals surface area contributed by atoms with E-state index in [9.17, 15) is 9.59 Å². The maximum Gasteiger partial charge on any atom is 0.326 e. The molecule has 0 aliphatic carbocycles. The van der Waals surface area contributed by atoms with Crippen LogP contribution >= 0.6 is 0 Å². The quantitative estimate of drug-likeness (QED) is 0.510. The fourth-order valence-corrected chi connectivity index (χ4v) is 1.20. The van der Waals surface area contributed by atoms with E-state index in [1.54, 1.807) is 6.92 Å². The van der Waals surface area contributed by atoms with Crippen LogP contribution in [0.4, 0.5) is 4.79 Å². The number of H-pyrrole nitrogens is 1. The molecule has 0 bridgehead atoms. The summed E-state index contributed by atoms with van der Waals surface area (Å²) in [7, 11) is 0. The lowest BCUT2D eigenvalue weighted by Crippen LogP contribution is -2.46. The van der Waals surface area contributed by atoms with Crippen LogP contribution in [0.25, 0.3) is 0 Å². The second-order valence-corrected chi connectivity index (χ2v) is 3.52. The number of carboxylic acid groups (broad SMARTS) is 1. The van der Waals surface area contributed by atoms with Crippen molar-refractivity contribution >= 4 is 12.0 Å². The molecule has 1 aromatic heterocycles. The van der Waals surface area contributed by atoms with E-state index in [1.165, 1.54) is 6.08 Å². The highest BCUT2D eigenvalue weighted by Crippen LogP contribution is 2.02. The summed E-state index contributed by atoms with van der Waals surface area (Å²) >= 11 is 0. The smallest absolute Gasteiger partial charge is 0.326 e. The van der Waals surface area contributed by atoms with Gasteiger partial charge in [0.15, 0.2) is 5.82 Å². The van der Waals surface area contributed by atoms with Crippen molar-refractivity contribution in [2.75, 3.05) is 0 Å². The molecule has 2 amide bonds. The number of tetrazole rings is 1. The molecule has 0 fully saturated rings. The number of carbonyl (C=O) groups is 2. The predicted molar refractivity (Wildman–Crippen MR) is 60.5 cm³/mol. The number of nitrogens with zero attached hydrogens (tertiary/aromatic N) is 3. The topological polar surface area (TPSA) is 133 Å². The van der Waals surface area contributed by atoms with Crippen LogP contribution in [0.15, 0.2) is 12.7 Å². The number of rotatable bonds is 6. The Hall–Kier alpha value is -2.45. The average Bonchev–Trinajstić information content (AvgIpc) is 2.81. The molecule has 98 valence electrons. The summed E-state index contributed by atoms with van der Waals surface area (Å²) in [4.78, 5) is 22.3. The van der Waals surface area contributed by atoms with Crippen molar-refractivity contribution < 1.29 is 14.7 Å². The van der Waals surface area contributed by atoms with Gasteiger partial charge in [-0.3, -0.25) is 0 Å². The second kappa shape index (κ2) is 6.33. The number of aliphatic carboxylic acids is 1. The van der Waals surface area contributed by atoms with Gasteiger partial charge in [0.1, 0.15) is 6.04 Å². The first-order valence-electron chi connectivity index (χ1n) is 5.18. The van der Waals surface area contributed by atoms with Crippen LogP contribution in [0.3, 0.4) is 0 Å². The van der Waals surface area contributed by atoms with E-state index in [0.717, 1.165) is 0 Å². The molecule has 0 saturated carbocycles. The van der Waals surface area contributed by atoms with E-state index in [2.05, 4.69) is 37.8 Å². The Labute approximate surface area is 103 Å². The lowest BCUT2D eigenvalue weighted by molar-refractivity contribution is -0.139. The Balaban J connectivity index is 2.50. The predicted octanol–water partition coefficient (Wildman–Crippen LogP) is -0.411. The van der Waals surface area contributed by atoms with E-state index in [4.69, 9.17) is 5.11 Å². The molecule has 9 nitrogen and oxygen atoms in total. The third kappa shape index (κ3) is 3.85. The standard InChI is InChI=1S/C9H14N6O3/c1-3-4-6(8(16)17)11-9(18)10-5(2)7-12-14-15-13-7/h3,5-6H,1,4H2,2H3,(H,16,17)(H2,10,11,18)(H,12,13,14,15). The molecule has 0 radical (unpaired) electrons. The minimum atomic E-state index is -1.13. The Morgan fingerprint density at radius 3 is 2.78 bits per heavy atom. The zero-order valence-electron chi connectivity index (χ0n) is 9.75. The van der Waals surface area contributed by atoms with Gasteiger partial charge in [-0.05, 0) is 13.3 Å². The summed E-state index contributed by atoms with van der Waals surface area (Å²) in [5, 5.41) is 26.6. The number of carboxylic acids is 1.